The van der Waals surface area contributed by atoms with Crippen molar-refractivity contribution in [3.63, 3.8) is 0 Å². The normalized spacial score (nSPS) is 10.4. The van der Waals surface area contributed by atoms with Crippen LogP contribution in [0, 0.1) is 15.9 Å². The fraction of sp³-hybridized carbons (Fsp3) is 0.0769. The van der Waals surface area contributed by atoms with Gasteiger partial charge in [0.2, 0.25) is 0 Å². The van der Waals surface area contributed by atoms with Gasteiger partial charge in [-0.15, -0.1) is 11.8 Å². The Balaban J connectivity index is 2.16. The van der Waals surface area contributed by atoms with Crippen LogP contribution in [-0.4, -0.2) is 4.92 Å². The van der Waals surface area contributed by atoms with Crippen LogP contribution in [0.2, 0.25) is 0 Å². The van der Waals surface area contributed by atoms with Gasteiger partial charge in [0, 0.05) is 22.4 Å². The molecule has 0 atom stereocenters. The third kappa shape index (κ3) is 3.45. The van der Waals surface area contributed by atoms with E-state index in [2.05, 4.69) is 0 Å². The van der Waals surface area contributed by atoms with Crippen LogP contribution in [0.4, 0.5) is 15.8 Å². The zero-order chi connectivity index (χ0) is 13.8. The number of hydrogen-bond acceptors (Lipinski definition) is 4. The van der Waals surface area contributed by atoms with Crippen molar-refractivity contribution in [2.45, 2.75) is 10.6 Å². The molecule has 0 amide bonds. The molecule has 98 valence electrons. The number of nitrogens with zero attached hydrogens (tertiary/aromatic N) is 1. The van der Waals surface area contributed by atoms with Crippen LogP contribution in [0.3, 0.4) is 0 Å². The number of non-ortho nitro benzene ring substituents is 1. The molecule has 0 unspecified atom stereocenters. The van der Waals surface area contributed by atoms with E-state index in [1.54, 1.807) is 6.07 Å². The zero-order valence-electron chi connectivity index (χ0n) is 9.88. The predicted octanol–water partition coefficient (Wildman–Crippen LogP) is 3.61. The summed E-state index contributed by atoms with van der Waals surface area (Å²) in [6.07, 6.45) is 0. The van der Waals surface area contributed by atoms with Crippen LogP contribution in [0.5, 0.6) is 0 Å². The molecule has 2 N–H and O–H groups in total. The molecule has 19 heavy (non-hydrogen) atoms. The number of thioether (sulfide) groups is 1. The topological polar surface area (TPSA) is 69.2 Å². The number of halogens is 1. The number of hydrogen-bond donors (Lipinski definition) is 1. The van der Waals surface area contributed by atoms with Crippen molar-refractivity contribution >= 4 is 23.1 Å². The SMILES string of the molecule is Nc1ccccc1SCc1cc(F)cc([N+](=O)[O-])c1. The Hall–Kier alpha value is -2.08. The van der Waals surface area contributed by atoms with Gasteiger partial charge in [0.05, 0.1) is 11.0 Å². The van der Waals surface area contributed by atoms with Gasteiger partial charge in [-0.2, -0.15) is 0 Å². The van der Waals surface area contributed by atoms with E-state index in [4.69, 9.17) is 5.73 Å². The predicted molar refractivity (Wildman–Crippen MR) is 73.5 cm³/mol. The average Bonchev–Trinajstić information content (AvgIpc) is 2.37. The molecule has 0 aromatic heterocycles. The fourth-order valence-corrected chi connectivity index (χ4v) is 2.49. The van der Waals surface area contributed by atoms with Crippen molar-refractivity contribution in [3.05, 3.63) is 64.0 Å². The highest BCUT2D eigenvalue weighted by molar-refractivity contribution is 7.98. The Kier molecular flexibility index (Phi) is 4.01. The molecule has 2 aromatic carbocycles. The highest BCUT2D eigenvalue weighted by atomic mass is 32.2. The number of benzene rings is 2. The van der Waals surface area contributed by atoms with Crippen molar-refractivity contribution < 1.29 is 9.31 Å². The first-order valence-corrected chi connectivity index (χ1v) is 6.46. The van der Waals surface area contributed by atoms with Gasteiger partial charge in [0.1, 0.15) is 5.82 Å². The van der Waals surface area contributed by atoms with E-state index >= 15 is 0 Å². The molecule has 0 aliphatic carbocycles. The Morgan fingerprint density at radius 1 is 1.26 bits per heavy atom. The van der Waals surface area contributed by atoms with E-state index in [9.17, 15) is 14.5 Å². The van der Waals surface area contributed by atoms with E-state index in [0.29, 0.717) is 17.0 Å². The Morgan fingerprint density at radius 3 is 2.68 bits per heavy atom. The van der Waals surface area contributed by atoms with Gasteiger partial charge in [-0.1, -0.05) is 12.1 Å². The quantitative estimate of drug-likeness (QED) is 0.401. The molecule has 0 heterocycles. The molecule has 0 saturated carbocycles. The van der Waals surface area contributed by atoms with Gasteiger partial charge < -0.3 is 5.73 Å². The largest absolute Gasteiger partial charge is 0.398 e. The van der Waals surface area contributed by atoms with Crippen molar-refractivity contribution in [2.24, 2.45) is 0 Å². The second kappa shape index (κ2) is 5.71. The fourth-order valence-electron chi connectivity index (χ4n) is 1.60. The smallest absolute Gasteiger partial charge is 0.272 e. The highest BCUT2D eigenvalue weighted by Gasteiger charge is 2.10. The standard InChI is InChI=1S/C13H11FN2O2S/c14-10-5-9(6-11(7-10)16(17)18)8-19-13-4-2-1-3-12(13)15/h1-7H,8,15H2. The van der Waals surface area contributed by atoms with E-state index in [1.165, 1.54) is 23.9 Å². The number of nitro groups is 1. The monoisotopic (exact) mass is 278 g/mol. The Labute approximate surface area is 113 Å². The van der Waals surface area contributed by atoms with Crippen molar-refractivity contribution in [2.75, 3.05) is 5.73 Å². The van der Waals surface area contributed by atoms with Crippen LogP contribution < -0.4 is 5.73 Å². The lowest BCUT2D eigenvalue weighted by molar-refractivity contribution is -0.385. The molecule has 0 radical (unpaired) electrons. The van der Waals surface area contributed by atoms with E-state index in [1.807, 2.05) is 18.2 Å². The van der Waals surface area contributed by atoms with Gasteiger partial charge in [0.15, 0.2) is 0 Å². The second-order valence-electron chi connectivity index (χ2n) is 3.90. The first-order valence-electron chi connectivity index (χ1n) is 5.47. The summed E-state index contributed by atoms with van der Waals surface area (Å²) in [6, 6.07) is 10.9. The first kappa shape index (κ1) is 13.4. The molecule has 0 bridgehead atoms. The lowest BCUT2D eigenvalue weighted by Gasteiger charge is -2.05. The van der Waals surface area contributed by atoms with Crippen molar-refractivity contribution in [1.82, 2.24) is 0 Å². The molecule has 2 aromatic rings. The Morgan fingerprint density at radius 2 is 2.00 bits per heavy atom. The third-order valence-electron chi connectivity index (χ3n) is 2.47. The number of rotatable bonds is 4. The number of para-hydroxylation sites is 1. The summed E-state index contributed by atoms with van der Waals surface area (Å²) in [6.45, 7) is 0. The van der Waals surface area contributed by atoms with Gasteiger partial charge >= 0.3 is 0 Å². The second-order valence-corrected chi connectivity index (χ2v) is 4.92. The summed E-state index contributed by atoms with van der Waals surface area (Å²) < 4.78 is 13.3. The number of nitrogens with two attached hydrogens (primary N) is 1. The van der Waals surface area contributed by atoms with E-state index < -0.39 is 10.7 Å². The molecule has 4 nitrogen and oxygen atoms in total. The zero-order valence-corrected chi connectivity index (χ0v) is 10.7. The van der Waals surface area contributed by atoms with Gasteiger partial charge in [-0.3, -0.25) is 10.1 Å². The minimum absolute atomic E-state index is 0.239. The van der Waals surface area contributed by atoms with Crippen LogP contribution in [0.25, 0.3) is 0 Å². The number of nitrogen functional groups attached to an aromatic ring is 1. The maximum Gasteiger partial charge on any atom is 0.272 e. The molecule has 0 aliphatic heterocycles. The summed E-state index contributed by atoms with van der Waals surface area (Å²) in [5.74, 6) is -0.182. The summed E-state index contributed by atoms with van der Waals surface area (Å²) in [5.41, 5.74) is 6.74. The minimum atomic E-state index is -0.606. The summed E-state index contributed by atoms with van der Waals surface area (Å²) in [7, 11) is 0. The van der Waals surface area contributed by atoms with Crippen molar-refractivity contribution in [3.8, 4) is 0 Å². The summed E-state index contributed by atoms with van der Waals surface area (Å²) >= 11 is 1.41. The van der Waals surface area contributed by atoms with Crippen LogP contribution >= 0.6 is 11.8 Å². The summed E-state index contributed by atoms with van der Waals surface area (Å²) in [4.78, 5) is 10.9. The maximum atomic E-state index is 13.3. The molecule has 0 aliphatic rings. The lowest BCUT2D eigenvalue weighted by atomic mass is 10.2. The third-order valence-corrected chi connectivity index (χ3v) is 3.63. The van der Waals surface area contributed by atoms with Gasteiger partial charge in [0.25, 0.3) is 5.69 Å². The van der Waals surface area contributed by atoms with Crippen LogP contribution in [0.15, 0.2) is 47.4 Å². The van der Waals surface area contributed by atoms with Crippen molar-refractivity contribution in [1.29, 1.82) is 0 Å². The first-order chi connectivity index (χ1) is 9.06. The van der Waals surface area contributed by atoms with Gasteiger partial charge in [-0.05, 0) is 23.8 Å². The molecular weight excluding hydrogens is 267 g/mol. The molecular formula is C13H11FN2O2S. The minimum Gasteiger partial charge on any atom is -0.398 e. The number of anilines is 1. The van der Waals surface area contributed by atoms with E-state index in [-0.39, 0.29) is 5.69 Å². The maximum absolute atomic E-state index is 13.3. The van der Waals surface area contributed by atoms with E-state index in [0.717, 1.165) is 11.0 Å². The number of nitro benzene ring substituents is 1. The molecule has 6 heteroatoms. The average molecular weight is 278 g/mol. The van der Waals surface area contributed by atoms with Crippen LogP contribution in [0.1, 0.15) is 5.56 Å². The van der Waals surface area contributed by atoms with Gasteiger partial charge in [-0.25, -0.2) is 4.39 Å². The summed E-state index contributed by atoms with van der Waals surface area (Å²) in [5, 5.41) is 10.6. The molecule has 0 fully saturated rings. The molecule has 0 spiro atoms. The highest BCUT2D eigenvalue weighted by Crippen LogP contribution is 2.29. The molecule has 0 saturated heterocycles. The lowest BCUT2D eigenvalue weighted by Crippen LogP contribution is -1.93. The van der Waals surface area contributed by atoms with Crippen LogP contribution in [-0.2, 0) is 5.75 Å². The molecule has 2 rings (SSSR count). The Bertz CT molecular complexity index is 619.